The van der Waals surface area contributed by atoms with Crippen molar-refractivity contribution in [3.63, 3.8) is 0 Å². The van der Waals surface area contributed by atoms with Crippen LogP contribution in [0.15, 0.2) is 24.3 Å². The fraction of sp³-hybridized carbons (Fsp3) is 0.667. The van der Waals surface area contributed by atoms with E-state index in [2.05, 4.69) is 10.0 Å². The zero-order chi connectivity index (χ0) is 27.2. The van der Waals surface area contributed by atoms with Crippen LogP contribution in [0.3, 0.4) is 0 Å². The fourth-order valence-corrected chi connectivity index (χ4v) is 10.1. The highest BCUT2D eigenvalue weighted by Crippen LogP contribution is 2.72. The van der Waals surface area contributed by atoms with Crippen molar-refractivity contribution in [3.05, 3.63) is 24.3 Å². The maximum absolute atomic E-state index is 14.2. The third-order valence-corrected chi connectivity index (χ3v) is 11.3. The number of hydrogen-bond donors (Lipinski definition) is 2. The smallest absolute Gasteiger partial charge is 0.349 e. The van der Waals surface area contributed by atoms with Crippen LogP contribution in [-0.2, 0) is 37.2 Å². The molecule has 10 nitrogen and oxygen atoms in total. The van der Waals surface area contributed by atoms with Crippen molar-refractivity contribution in [2.24, 2.45) is 0 Å². The van der Waals surface area contributed by atoms with Crippen molar-refractivity contribution in [2.45, 2.75) is 85.2 Å². The van der Waals surface area contributed by atoms with Crippen LogP contribution in [0.4, 0.5) is 11.4 Å². The summed E-state index contributed by atoms with van der Waals surface area (Å²) in [5, 5.41) is 1.36. The molecule has 0 saturated heterocycles. The third-order valence-electron chi connectivity index (χ3n) is 3.72. The van der Waals surface area contributed by atoms with Crippen LogP contribution in [0.1, 0.15) is 55.4 Å². The van der Waals surface area contributed by atoms with Gasteiger partial charge in [-0.1, -0.05) is 12.2 Å². The van der Waals surface area contributed by atoms with Gasteiger partial charge in [-0.3, -0.25) is 13.9 Å². The molecule has 2 N–H and O–H groups in total. The molecule has 0 aliphatic rings. The normalized spacial score (nSPS) is 13.3. The van der Waals surface area contributed by atoms with E-state index in [1.807, 2.05) is 0 Å². The lowest BCUT2D eigenvalue weighted by molar-refractivity contribution is 0.127. The van der Waals surface area contributed by atoms with Crippen molar-refractivity contribution in [2.75, 3.05) is 16.3 Å². The molecule has 1 aromatic rings. The predicted octanol–water partition coefficient (Wildman–Crippen LogP) is 6.21. The second-order valence-electron chi connectivity index (χ2n) is 9.01. The van der Waals surface area contributed by atoms with Gasteiger partial charge in [-0.15, -0.1) is 0 Å². The summed E-state index contributed by atoms with van der Waals surface area (Å²) in [6, 6.07) is 6.16. The Hall–Kier alpha value is -0.840. The Bertz CT molecular complexity index is 978. The molecule has 14 heteroatoms. The number of rotatable bonds is 14. The van der Waals surface area contributed by atoms with Crippen LogP contribution >= 0.6 is 27.4 Å². The molecule has 202 valence electrons. The Balaban J connectivity index is 3.55. The summed E-state index contributed by atoms with van der Waals surface area (Å²) in [6.45, 7) is 13.4. The van der Waals surface area contributed by atoms with E-state index in [1.165, 1.54) is 12.1 Å². The first-order valence-electron chi connectivity index (χ1n) is 11.2. The average Bonchev–Trinajstić information content (AvgIpc) is 2.58. The Kier molecular flexibility index (Phi) is 12.1. The first-order valence-corrected chi connectivity index (χ1v) is 16.7. The van der Waals surface area contributed by atoms with Gasteiger partial charge in [-0.2, -0.15) is 0 Å². The van der Waals surface area contributed by atoms with Gasteiger partial charge >= 0.3 is 15.2 Å². The molecule has 1 rings (SSSR count). The van der Waals surface area contributed by atoms with E-state index >= 15 is 0 Å². The SMILES string of the molecule is CC(C)OP(=O)(OC(C)C)C(C(=S)Nc1ccc(NS(C)(=O)=O)cc1)P(=O)(OC(C)C)OC(C)C. The van der Waals surface area contributed by atoms with Crippen molar-refractivity contribution in [3.8, 4) is 0 Å². The predicted molar refractivity (Wildman–Crippen MR) is 145 cm³/mol. The van der Waals surface area contributed by atoms with Crippen molar-refractivity contribution < 1.29 is 35.6 Å². The molecule has 0 aliphatic heterocycles. The molecule has 0 radical (unpaired) electrons. The van der Waals surface area contributed by atoms with Crippen LogP contribution in [0, 0.1) is 0 Å². The van der Waals surface area contributed by atoms with Gasteiger partial charge in [-0.05, 0) is 79.7 Å². The Morgan fingerprint density at radius 1 is 0.743 bits per heavy atom. The summed E-state index contributed by atoms with van der Waals surface area (Å²) in [7, 11) is -11.9. The highest BCUT2D eigenvalue weighted by Gasteiger charge is 2.55. The summed E-state index contributed by atoms with van der Waals surface area (Å²) in [5.41, 5.74) is 0.773. The van der Waals surface area contributed by atoms with Gasteiger partial charge in [0.25, 0.3) is 0 Å². The van der Waals surface area contributed by atoms with Gasteiger partial charge in [0.1, 0.15) is 4.99 Å². The van der Waals surface area contributed by atoms with E-state index in [1.54, 1.807) is 67.5 Å². The average molecular weight is 573 g/mol. The Labute approximate surface area is 215 Å². The number of hydrogen-bond acceptors (Lipinski definition) is 9. The lowest BCUT2D eigenvalue weighted by Crippen LogP contribution is -2.32. The standard InChI is InChI=1S/C21H38N2O8P2S2/c1-14(2)28-32(24,29-15(3)4)21(33(25,30-16(5)6)31-17(7)8)20(34)22-18-10-12-19(13-11-18)23-35(9,26)27/h10-17,21,23H,1-9H3,(H,22,34). The van der Waals surface area contributed by atoms with Gasteiger partial charge in [0.05, 0.1) is 30.7 Å². The first-order chi connectivity index (χ1) is 15.9. The molecule has 0 saturated carbocycles. The van der Waals surface area contributed by atoms with E-state index in [9.17, 15) is 17.5 Å². The minimum Gasteiger partial charge on any atom is -0.349 e. The van der Waals surface area contributed by atoms with Crippen LogP contribution in [0.5, 0.6) is 0 Å². The first kappa shape index (κ1) is 32.2. The second kappa shape index (κ2) is 13.1. The highest BCUT2D eigenvalue weighted by molar-refractivity contribution is 7.92. The topological polar surface area (TPSA) is 129 Å². The van der Waals surface area contributed by atoms with Gasteiger partial charge in [-0.25, -0.2) is 8.42 Å². The summed E-state index contributed by atoms with van der Waals surface area (Å²) >= 11 is 5.60. The van der Waals surface area contributed by atoms with Gasteiger partial charge in [0, 0.05) is 11.4 Å². The maximum atomic E-state index is 14.2. The number of nitrogens with one attached hydrogen (secondary N) is 2. The molecule has 0 amide bonds. The molecule has 0 bridgehead atoms. The molecule has 0 unspecified atom stereocenters. The molecule has 35 heavy (non-hydrogen) atoms. The number of anilines is 2. The molecule has 0 spiro atoms. The van der Waals surface area contributed by atoms with Crippen LogP contribution in [-0.4, -0.2) is 49.5 Å². The lowest BCUT2D eigenvalue weighted by Gasteiger charge is -2.35. The summed E-state index contributed by atoms with van der Waals surface area (Å²) in [5.74, 6) is 0. The van der Waals surface area contributed by atoms with E-state index in [4.69, 9.17) is 30.3 Å². The maximum Gasteiger partial charge on any atom is 0.353 e. The Morgan fingerprint density at radius 3 is 1.34 bits per heavy atom. The van der Waals surface area contributed by atoms with Crippen LogP contribution in [0.2, 0.25) is 0 Å². The molecule has 0 heterocycles. The van der Waals surface area contributed by atoms with Crippen molar-refractivity contribution in [1.29, 1.82) is 0 Å². The second-order valence-corrected chi connectivity index (χ2v) is 15.6. The van der Waals surface area contributed by atoms with Crippen molar-refractivity contribution in [1.82, 2.24) is 0 Å². The van der Waals surface area contributed by atoms with Gasteiger partial charge in [0.15, 0.2) is 0 Å². The van der Waals surface area contributed by atoms with Crippen LogP contribution < -0.4 is 10.0 Å². The van der Waals surface area contributed by atoms with E-state index in [-0.39, 0.29) is 4.99 Å². The summed E-state index contributed by atoms with van der Waals surface area (Å²) < 4.78 is 76.7. The zero-order valence-corrected chi connectivity index (χ0v) is 25.1. The number of sulfonamides is 1. The number of benzene rings is 1. The molecule has 1 aromatic carbocycles. The van der Waals surface area contributed by atoms with Crippen LogP contribution in [0.25, 0.3) is 0 Å². The van der Waals surface area contributed by atoms with Gasteiger partial charge in [0.2, 0.25) is 15.4 Å². The molecule has 0 aliphatic carbocycles. The lowest BCUT2D eigenvalue weighted by atomic mass is 10.3. The van der Waals surface area contributed by atoms with E-state index in [0.717, 1.165) is 6.26 Å². The Morgan fingerprint density at radius 2 is 1.06 bits per heavy atom. The molecular formula is C21H38N2O8P2S2. The monoisotopic (exact) mass is 572 g/mol. The highest BCUT2D eigenvalue weighted by atomic mass is 32.2. The summed E-state index contributed by atoms with van der Waals surface area (Å²) in [4.78, 5) is -0.122. The zero-order valence-electron chi connectivity index (χ0n) is 21.7. The quantitative estimate of drug-likeness (QED) is 0.196. The van der Waals surface area contributed by atoms with E-state index in [0.29, 0.717) is 11.4 Å². The third kappa shape index (κ3) is 11.0. The summed E-state index contributed by atoms with van der Waals surface area (Å²) in [6.07, 6.45) is -1.13. The molecule has 0 fully saturated rings. The van der Waals surface area contributed by atoms with Crippen molar-refractivity contribution >= 4 is 53.8 Å². The largest absolute Gasteiger partial charge is 0.353 e. The molecule has 0 atom stereocenters. The minimum atomic E-state index is -4.21. The van der Waals surface area contributed by atoms with Gasteiger partial charge < -0.3 is 23.4 Å². The van der Waals surface area contributed by atoms with E-state index < -0.39 is 55.0 Å². The number of thiocarbonyl (C=S) groups is 1. The minimum absolute atomic E-state index is 0.122. The molecular weight excluding hydrogens is 534 g/mol. The fourth-order valence-electron chi connectivity index (χ4n) is 2.96. The molecule has 0 aromatic heterocycles.